The van der Waals surface area contributed by atoms with E-state index in [4.69, 9.17) is 11.6 Å². The normalized spacial score (nSPS) is 15.2. The Labute approximate surface area is 80.1 Å². The fraction of sp³-hybridized carbons (Fsp3) is 0.333. The van der Waals surface area contributed by atoms with Crippen LogP contribution in [0.3, 0.4) is 0 Å². The molecule has 0 fully saturated rings. The molecular weight excluding hydrogens is 186 g/mol. The Morgan fingerprint density at radius 2 is 2.31 bits per heavy atom. The fourth-order valence-corrected chi connectivity index (χ4v) is 2.05. The average Bonchev–Trinajstić information content (AvgIpc) is 2.70. The number of H-pyrrole nitrogens is 1. The van der Waals surface area contributed by atoms with Gasteiger partial charge in [0.25, 0.3) is 0 Å². The molecule has 0 saturated carbocycles. The molecule has 1 N–H and O–H groups in total. The largest absolute Gasteiger partial charge is 0.264 e. The van der Waals surface area contributed by atoms with Gasteiger partial charge in [0, 0.05) is 5.69 Å². The van der Waals surface area contributed by atoms with E-state index in [-0.39, 0.29) is 0 Å². The molecule has 1 aliphatic rings. The van der Waals surface area contributed by atoms with Crippen LogP contribution in [-0.4, -0.2) is 15.2 Å². The summed E-state index contributed by atoms with van der Waals surface area (Å²) in [5.41, 5.74) is 3.26. The number of fused-ring (bicyclic) bond motifs is 2. The number of pyridine rings is 1. The van der Waals surface area contributed by atoms with Crippen LogP contribution in [0.1, 0.15) is 17.7 Å². The lowest BCUT2D eigenvalue weighted by atomic mass is 10.2. The van der Waals surface area contributed by atoms with Crippen LogP contribution >= 0.6 is 11.6 Å². The maximum absolute atomic E-state index is 5.92. The van der Waals surface area contributed by atoms with Gasteiger partial charge in [-0.05, 0) is 30.9 Å². The fourth-order valence-electron chi connectivity index (χ4n) is 1.87. The first-order chi connectivity index (χ1) is 6.34. The Balaban J connectivity index is 2.38. The third-order valence-corrected chi connectivity index (χ3v) is 2.82. The summed E-state index contributed by atoms with van der Waals surface area (Å²) in [6, 6.07) is 2.11. The molecule has 13 heavy (non-hydrogen) atoms. The molecule has 3 rings (SSSR count). The maximum Gasteiger partial charge on any atom is 0.182 e. The zero-order valence-electron chi connectivity index (χ0n) is 6.97. The molecule has 0 amide bonds. The van der Waals surface area contributed by atoms with Crippen LogP contribution in [0.15, 0.2) is 6.07 Å². The number of rotatable bonds is 0. The molecule has 0 radical (unpaired) electrons. The molecule has 2 aromatic heterocycles. The highest BCUT2D eigenvalue weighted by molar-refractivity contribution is 6.34. The summed E-state index contributed by atoms with van der Waals surface area (Å²) in [6.45, 7) is 0. The Kier molecular flexibility index (Phi) is 1.38. The van der Waals surface area contributed by atoms with E-state index < -0.39 is 0 Å². The predicted molar refractivity (Wildman–Crippen MR) is 50.9 cm³/mol. The van der Waals surface area contributed by atoms with Gasteiger partial charge in [-0.15, -0.1) is 0 Å². The summed E-state index contributed by atoms with van der Waals surface area (Å²) in [7, 11) is 0. The van der Waals surface area contributed by atoms with Crippen molar-refractivity contribution in [1.29, 1.82) is 0 Å². The van der Waals surface area contributed by atoms with Crippen molar-refractivity contribution in [2.45, 2.75) is 19.3 Å². The smallest absolute Gasteiger partial charge is 0.182 e. The summed E-state index contributed by atoms with van der Waals surface area (Å²) in [6.07, 6.45) is 3.41. The van der Waals surface area contributed by atoms with Gasteiger partial charge in [-0.2, -0.15) is 5.10 Å². The second-order valence-electron chi connectivity index (χ2n) is 3.36. The minimum atomic E-state index is 0.595. The van der Waals surface area contributed by atoms with Crippen LogP contribution in [0, 0.1) is 0 Å². The summed E-state index contributed by atoms with van der Waals surface area (Å²) in [4.78, 5) is 4.45. The molecule has 0 spiro atoms. The van der Waals surface area contributed by atoms with Crippen molar-refractivity contribution < 1.29 is 0 Å². The SMILES string of the molecule is Clc1[nH]nc2nc3c(cc12)CCC3. The van der Waals surface area contributed by atoms with Gasteiger partial charge in [0.05, 0.1) is 5.39 Å². The number of hydrogen-bond acceptors (Lipinski definition) is 2. The Bertz CT molecular complexity index is 475. The highest BCUT2D eigenvalue weighted by atomic mass is 35.5. The van der Waals surface area contributed by atoms with Crippen LogP contribution in [0.4, 0.5) is 0 Å². The van der Waals surface area contributed by atoms with E-state index in [0.29, 0.717) is 5.15 Å². The molecule has 0 unspecified atom stereocenters. The zero-order valence-corrected chi connectivity index (χ0v) is 7.73. The van der Waals surface area contributed by atoms with Gasteiger partial charge in [0.15, 0.2) is 5.65 Å². The number of nitrogens with one attached hydrogen (secondary N) is 1. The first-order valence-electron chi connectivity index (χ1n) is 4.37. The van der Waals surface area contributed by atoms with Gasteiger partial charge in [0.2, 0.25) is 0 Å². The molecule has 0 saturated heterocycles. The summed E-state index contributed by atoms with van der Waals surface area (Å²) >= 11 is 5.92. The van der Waals surface area contributed by atoms with Gasteiger partial charge in [-0.3, -0.25) is 5.10 Å². The second kappa shape index (κ2) is 2.45. The average molecular weight is 194 g/mol. The Morgan fingerprint density at radius 1 is 1.38 bits per heavy atom. The van der Waals surface area contributed by atoms with Gasteiger partial charge in [0.1, 0.15) is 5.15 Å². The topological polar surface area (TPSA) is 41.6 Å². The van der Waals surface area contributed by atoms with E-state index >= 15 is 0 Å². The van der Waals surface area contributed by atoms with Crippen molar-refractivity contribution in [1.82, 2.24) is 15.2 Å². The lowest BCUT2D eigenvalue weighted by Gasteiger charge is -1.96. The van der Waals surface area contributed by atoms with Crippen LogP contribution in [0.2, 0.25) is 5.15 Å². The van der Waals surface area contributed by atoms with E-state index in [1.54, 1.807) is 0 Å². The van der Waals surface area contributed by atoms with E-state index in [0.717, 1.165) is 23.9 Å². The van der Waals surface area contributed by atoms with E-state index in [2.05, 4.69) is 21.2 Å². The Morgan fingerprint density at radius 3 is 3.23 bits per heavy atom. The van der Waals surface area contributed by atoms with Gasteiger partial charge in [-0.1, -0.05) is 11.6 Å². The molecule has 2 aromatic rings. The highest BCUT2D eigenvalue weighted by Gasteiger charge is 2.15. The van der Waals surface area contributed by atoms with E-state index in [1.807, 2.05) is 0 Å². The Hall–Kier alpha value is -1.09. The van der Waals surface area contributed by atoms with Crippen LogP contribution in [0.25, 0.3) is 11.0 Å². The summed E-state index contributed by atoms with van der Waals surface area (Å²) in [5.74, 6) is 0. The van der Waals surface area contributed by atoms with Crippen LogP contribution < -0.4 is 0 Å². The lowest BCUT2D eigenvalue weighted by molar-refractivity contribution is 0.899. The monoisotopic (exact) mass is 193 g/mol. The first-order valence-corrected chi connectivity index (χ1v) is 4.75. The third kappa shape index (κ3) is 0.968. The van der Waals surface area contributed by atoms with E-state index in [1.165, 1.54) is 17.7 Å². The van der Waals surface area contributed by atoms with Crippen LogP contribution in [0.5, 0.6) is 0 Å². The van der Waals surface area contributed by atoms with Crippen molar-refractivity contribution in [2.75, 3.05) is 0 Å². The third-order valence-electron chi connectivity index (χ3n) is 2.53. The zero-order chi connectivity index (χ0) is 8.84. The highest BCUT2D eigenvalue weighted by Crippen LogP contribution is 2.26. The minimum Gasteiger partial charge on any atom is -0.264 e. The number of aromatic nitrogens is 3. The first kappa shape index (κ1) is 7.33. The summed E-state index contributed by atoms with van der Waals surface area (Å²) < 4.78 is 0. The number of hydrogen-bond donors (Lipinski definition) is 1. The number of halogens is 1. The van der Waals surface area contributed by atoms with Gasteiger partial charge < -0.3 is 0 Å². The van der Waals surface area contributed by atoms with Crippen molar-refractivity contribution in [3.8, 4) is 0 Å². The minimum absolute atomic E-state index is 0.595. The quantitative estimate of drug-likeness (QED) is 0.696. The second-order valence-corrected chi connectivity index (χ2v) is 3.73. The van der Waals surface area contributed by atoms with Gasteiger partial charge in [-0.25, -0.2) is 4.98 Å². The molecule has 2 heterocycles. The van der Waals surface area contributed by atoms with Crippen molar-refractivity contribution >= 4 is 22.6 Å². The molecule has 1 aliphatic carbocycles. The number of nitrogens with zero attached hydrogens (tertiary/aromatic N) is 2. The lowest BCUT2D eigenvalue weighted by Crippen LogP contribution is -1.88. The maximum atomic E-state index is 5.92. The molecule has 4 heteroatoms. The molecule has 0 aromatic carbocycles. The summed E-state index contributed by atoms with van der Waals surface area (Å²) in [5, 5.41) is 8.30. The molecule has 3 nitrogen and oxygen atoms in total. The molecular formula is C9H8ClN3. The van der Waals surface area contributed by atoms with Gasteiger partial charge >= 0.3 is 0 Å². The van der Waals surface area contributed by atoms with Crippen molar-refractivity contribution in [3.63, 3.8) is 0 Å². The molecule has 66 valence electrons. The molecule has 0 aliphatic heterocycles. The molecule has 0 bridgehead atoms. The predicted octanol–water partition coefficient (Wildman–Crippen LogP) is 2.10. The number of aromatic amines is 1. The van der Waals surface area contributed by atoms with E-state index in [9.17, 15) is 0 Å². The standard InChI is InChI=1S/C9H8ClN3/c10-8-6-4-5-2-1-3-7(5)11-9(6)13-12-8/h4H,1-3H2,(H,11,12,13). The van der Waals surface area contributed by atoms with Crippen molar-refractivity contribution in [3.05, 3.63) is 22.5 Å². The van der Waals surface area contributed by atoms with Crippen LogP contribution in [-0.2, 0) is 12.8 Å². The van der Waals surface area contributed by atoms with Crippen molar-refractivity contribution in [2.24, 2.45) is 0 Å². The molecule has 0 atom stereocenters. The number of aryl methyl sites for hydroxylation is 2.